The molecule has 7 nitrogen and oxygen atoms in total. The van der Waals surface area contributed by atoms with Gasteiger partial charge in [-0.2, -0.15) is 0 Å². The molecule has 2 rings (SSSR count). The van der Waals surface area contributed by atoms with Crippen molar-refractivity contribution >= 4 is 46.7 Å². The summed E-state index contributed by atoms with van der Waals surface area (Å²) >= 11 is 2.69. The van der Waals surface area contributed by atoms with E-state index >= 15 is 0 Å². The van der Waals surface area contributed by atoms with E-state index < -0.39 is 11.9 Å². The van der Waals surface area contributed by atoms with Gasteiger partial charge in [0.15, 0.2) is 0 Å². The van der Waals surface area contributed by atoms with Crippen LogP contribution in [0.4, 0.5) is 10.5 Å². The van der Waals surface area contributed by atoms with Gasteiger partial charge in [-0.1, -0.05) is 13.3 Å². The van der Waals surface area contributed by atoms with Gasteiger partial charge in [0.1, 0.15) is 4.88 Å². The zero-order valence-electron chi connectivity index (χ0n) is 17.3. The molecule has 0 spiro atoms. The number of unbranched alkanes of at least 4 members (excludes halogenated alkanes) is 1. The lowest BCUT2D eigenvalue weighted by Crippen LogP contribution is -2.38. The van der Waals surface area contributed by atoms with Crippen molar-refractivity contribution in [3.05, 3.63) is 38.6 Å². The lowest BCUT2D eigenvalue weighted by atomic mass is 10.1. The predicted molar refractivity (Wildman–Crippen MR) is 118 cm³/mol. The monoisotopic (exact) mass is 437 g/mol. The molecule has 1 aromatic heterocycles. The molecule has 0 radical (unpaired) electrons. The first-order chi connectivity index (χ1) is 13.7. The number of ether oxygens (including phenoxy) is 1. The van der Waals surface area contributed by atoms with Crippen molar-refractivity contribution in [1.82, 2.24) is 10.6 Å². The Morgan fingerprint density at radius 1 is 1.21 bits per heavy atom. The maximum atomic E-state index is 13.0. The van der Waals surface area contributed by atoms with Crippen molar-refractivity contribution in [2.45, 2.75) is 45.3 Å². The first kappa shape index (κ1) is 23.0. The minimum atomic E-state index is -0.504. The molecule has 0 fully saturated rings. The standard InChI is InChI=1S/C20H27N3O4S2/c1-6-7-8-21-19(26)22-14-9-20(3,4)29-11-13(14)17(24)23-15-12(2)10-28-16(15)18(25)27-5/h9-11H,6-8H2,1-5H3,(H,23,24)(H2,21,22,26). The Kier molecular flexibility index (Phi) is 7.92. The number of methoxy groups -OCH3 is 1. The van der Waals surface area contributed by atoms with Crippen molar-refractivity contribution in [2.75, 3.05) is 19.0 Å². The fraction of sp³-hybridized carbons (Fsp3) is 0.450. The topological polar surface area (TPSA) is 96.5 Å². The van der Waals surface area contributed by atoms with Crippen LogP contribution in [0.3, 0.4) is 0 Å². The van der Waals surface area contributed by atoms with Crippen LogP contribution in [-0.2, 0) is 9.53 Å². The van der Waals surface area contributed by atoms with Crippen LogP contribution in [0.1, 0.15) is 48.8 Å². The van der Waals surface area contributed by atoms with Gasteiger partial charge >= 0.3 is 12.0 Å². The van der Waals surface area contributed by atoms with Crippen molar-refractivity contribution in [3.63, 3.8) is 0 Å². The Labute approximate surface area is 179 Å². The fourth-order valence-corrected chi connectivity index (χ4v) is 4.34. The van der Waals surface area contributed by atoms with E-state index in [4.69, 9.17) is 4.74 Å². The first-order valence-electron chi connectivity index (χ1n) is 9.32. The number of thioether (sulfide) groups is 1. The van der Waals surface area contributed by atoms with E-state index in [1.54, 1.807) is 10.8 Å². The van der Waals surface area contributed by atoms with Gasteiger partial charge < -0.3 is 20.7 Å². The molecule has 3 N–H and O–H groups in total. The second kappa shape index (κ2) is 9.98. The van der Waals surface area contributed by atoms with Gasteiger partial charge in [-0.25, -0.2) is 9.59 Å². The Morgan fingerprint density at radius 2 is 1.93 bits per heavy atom. The van der Waals surface area contributed by atoms with E-state index in [-0.39, 0.29) is 10.8 Å². The Morgan fingerprint density at radius 3 is 2.59 bits per heavy atom. The molecule has 0 atom stereocenters. The summed E-state index contributed by atoms with van der Waals surface area (Å²) in [6.07, 6.45) is 3.71. The zero-order valence-corrected chi connectivity index (χ0v) is 18.9. The summed E-state index contributed by atoms with van der Waals surface area (Å²) < 4.78 is 4.52. The molecule has 1 aromatic rings. The lowest BCUT2D eigenvalue weighted by Gasteiger charge is -2.26. The first-order valence-corrected chi connectivity index (χ1v) is 11.1. The van der Waals surface area contributed by atoms with Crippen LogP contribution < -0.4 is 16.0 Å². The van der Waals surface area contributed by atoms with Gasteiger partial charge in [0, 0.05) is 11.3 Å². The van der Waals surface area contributed by atoms with Gasteiger partial charge in [-0.15, -0.1) is 23.1 Å². The summed E-state index contributed by atoms with van der Waals surface area (Å²) in [5, 5.41) is 11.9. The van der Waals surface area contributed by atoms with Crippen molar-refractivity contribution in [3.8, 4) is 0 Å². The Balaban J connectivity index is 2.21. The molecule has 9 heteroatoms. The number of carbonyl (C=O) groups excluding carboxylic acids is 3. The molecule has 29 heavy (non-hydrogen) atoms. The van der Waals surface area contributed by atoms with Crippen LogP contribution in [-0.4, -0.2) is 36.3 Å². The van der Waals surface area contributed by atoms with Crippen LogP contribution in [0.2, 0.25) is 0 Å². The van der Waals surface area contributed by atoms with Crippen LogP contribution in [0, 0.1) is 6.92 Å². The predicted octanol–water partition coefficient (Wildman–Crippen LogP) is 4.17. The fourth-order valence-electron chi connectivity index (χ4n) is 2.58. The molecule has 1 aliphatic rings. The molecular formula is C20H27N3O4S2. The minimum Gasteiger partial charge on any atom is -0.465 e. The van der Waals surface area contributed by atoms with Crippen molar-refractivity contribution in [2.24, 2.45) is 0 Å². The number of hydrogen-bond donors (Lipinski definition) is 3. The van der Waals surface area contributed by atoms with Crippen LogP contribution in [0.5, 0.6) is 0 Å². The highest BCUT2D eigenvalue weighted by Crippen LogP contribution is 2.36. The SMILES string of the molecule is CCCCNC(=O)NC1=CC(C)(C)SC=C1C(=O)Nc1c(C)csc1C(=O)OC. The average molecular weight is 438 g/mol. The molecule has 0 saturated heterocycles. The maximum Gasteiger partial charge on any atom is 0.350 e. The third kappa shape index (κ3) is 6.11. The average Bonchev–Trinajstić information content (AvgIpc) is 3.01. The highest BCUT2D eigenvalue weighted by Gasteiger charge is 2.28. The summed E-state index contributed by atoms with van der Waals surface area (Å²) in [6.45, 7) is 8.41. The highest BCUT2D eigenvalue weighted by molar-refractivity contribution is 8.03. The van der Waals surface area contributed by atoms with Crippen molar-refractivity contribution < 1.29 is 19.1 Å². The summed E-state index contributed by atoms with van der Waals surface area (Å²) in [5.41, 5.74) is 1.97. The molecule has 0 unspecified atom stereocenters. The lowest BCUT2D eigenvalue weighted by molar-refractivity contribution is -0.112. The zero-order chi connectivity index (χ0) is 21.6. The van der Waals surface area contributed by atoms with Gasteiger partial charge in [0.05, 0.1) is 24.1 Å². The number of anilines is 1. The Hall–Kier alpha value is -2.26. The third-order valence-corrected chi connectivity index (χ3v) is 6.31. The number of nitrogens with one attached hydrogen (secondary N) is 3. The highest BCUT2D eigenvalue weighted by atomic mass is 32.2. The molecule has 0 aliphatic carbocycles. The summed E-state index contributed by atoms with van der Waals surface area (Å²) in [5.74, 6) is -0.907. The molecule has 158 valence electrons. The van der Waals surface area contributed by atoms with E-state index in [1.807, 2.05) is 33.8 Å². The van der Waals surface area contributed by atoms with Gasteiger partial charge in [0.2, 0.25) is 0 Å². The second-order valence-electron chi connectivity index (χ2n) is 7.11. The minimum absolute atomic E-state index is 0.273. The molecular weight excluding hydrogens is 410 g/mol. The number of aryl methyl sites for hydroxylation is 1. The second-order valence-corrected chi connectivity index (χ2v) is 9.52. The van der Waals surface area contributed by atoms with E-state index in [1.165, 1.54) is 30.2 Å². The summed E-state index contributed by atoms with van der Waals surface area (Å²) in [7, 11) is 1.30. The van der Waals surface area contributed by atoms with Crippen molar-refractivity contribution in [1.29, 1.82) is 0 Å². The van der Waals surface area contributed by atoms with E-state index in [2.05, 4.69) is 16.0 Å². The summed E-state index contributed by atoms with van der Waals surface area (Å²) in [4.78, 5) is 37.5. The number of hydrogen-bond acceptors (Lipinski definition) is 6. The smallest absolute Gasteiger partial charge is 0.350 e. The number of urea groups is 1. The van der Waals surface area contributed by atoms with Gasteiger partial charge in [-0.05, 0) is 49.6 Å². The summed E-state index contributed by atoms with van der Waals surface area (Å²) in [6, 6.07) is -0.354. The van der Waals surface area contributed by atoms with Gasteiger partial charge in [0.25, 0.3) is 5.91 Å². The largest absolute Gasteiger partial charge is 0.465 e. The maximum absolute atomic E-state index is 13.0. The van der Waals surface area contributed by atoms with Gasteiger partial charge in [-0.3, -0.25) is 4.79 Å². The van der Waals surface area contributed by atoms with Crippen LogP contribution in [0.25, 0.3) is 0 Å². The molecule has 1 aliphatic heterocycles. The third-order valence-electron chi connectivity index (χ3n) is 4.16. The molecule has 0 aromatic carbocycles. The number of amides is 3. The van der Waals surface area contributed by atoms with Crippen LogP contribution >= 0.6 is 23.1 Å². The number of rotatable bonds is 7. The molecule has 3 amide bonds. The van der Waals surface area contributed by atoms with E-state index in [9.17, 15) is 14.4 Å². The quantitative estimate of drug-likeness (QED) is 0.439. The molecule has 0 bridgehead atoms. The van der Waals surface area contributed by atoms with E-state index in [0.717, 1.165) is 18.4 Å². The molecule has 2 heterocycles. The number of thiophene rings is 1. The Bertz CT molecular complexity index is 856. The van der Waals surface area contributed by atoms with E-state index in [0.29, 0.717) is 28.4 Å². The van der Waals surface area contributed by atoms with Crippen LogP contribution in [0.15, 0.2) is 28.1 Å². The number of carbonyl (C=O) groups is 3. The molecule has 0 saturated carbocycles. The normalized spacial score (nSPS) is 15.1. The number of esters is 1.